The van der Waals surface area contributed by atoms with E-state index in [1.165, 1.54) is 250 Å². The van der Waals surface area contributed by atoms with Crippen LogP contribution in [0.25, 0.3) is 0 Å². The van der Waals surface area contributed by atoms with Crippen LogP contribution in [0.5, 0.6) is 0 Å². The van der Waals surface area contributed by atoms with Gasteiger partial charge in [0.1, 0.15) is 19.3 Å². The third kappa shape index (κ3) is 74.1. The number of hydrogen-bond acceptors (Lipinski definition) is 15. The van der Waals surface area contributed by atoms with Crippen molar-refractivity contribution in [2.75, 3.05) is 39.6 Å². The number of esters is 4. The van der Waals surface area contributed by atoms with Crippen LogP contribution < -0.4 is 0 Å². The van der Waals surface area contributed by atoms with Gasteiger partial charge in [-0.2, -0.15) is 0 Å². The van der Waals surface area contributed by atoms with Gasteiger partial charge in [0.05, 0.1) is 26.4 Å². The van der Waals surface area contributed by atoms with Crippen LogP contribution in [0.4, 0.5) is 0 Å². The number of hydrogen-bond donors (Lipinski definition) is 3. The Bertz CT molecular complexity index is 1890. The largest absolute Gasteiger partial charge is 0.472 e. The highest BCUT2D eigenvalue weighted by Gasteiger charge is 2.30. The summed E-state index contributed by atoms with van der Waals surface area (Å²) in [6.07, 6.45) is 63.7. The number of rotatable bonds is 80. The Hall–Kier alpha value is -1.94. The third-order valence-electron chi connectivity index (χ3n) is 18.8. The van der Waals surface area contributed by atoms with E-state index in [-0.39, 0.29) is 25.7 Å². The van der Waals surface area contributed by atoms with E-state index in [2.05, 4.69) is 34.6 Å². The first kappa shape index (κ1) is 97.1. The minimum Gasteiger partial charge on any atom is -0.462 e. The Morgan fingerprint density at radius 2 is 0.465 bits per heavy atom. The Kier molecular flexibility index (Phi) is 71.6. The molecule has 0 aromatic rings. The van der Waals surface area contributed by atoms with Gasteiger partial charge in [-0.1, -0.05) is 375 Å². The number of ether oxygens (including phenoxy) is 4. The Balaban J connectivity index is 5.22. The molecule has 5 atom stereocenters. The molecule has 0 radical (unpaired) electrons. The molecule has 0 aliphatic carbocycles. The molecule has 0 aromatic heterocycles. The standard InChI is InChI=1S/C80H156O17P2/c1-6-9-12-15-18-21-23-25-27-28-29-31-37-41-46-51-56-61-66-80(85)97-76(70-91-78(83)64-59-54-49-44-39-35-33-32-34-38-43-47-52-57-62-73(4)5)72-95-99(88,89)93-68-74(81)67-92-98(86,87)94-71-75(69-90-77(82)63-58-53-48-42-20-17-14-11-8-3)96-79(84)65-60-55-50-45-40-36-30-26-24-22-19-16-13-10-7-2/h73-76,81H,6-72H2,1-5H3,(H,86,87)(H,88,89)/t74-,75+,76+/m0/s1. The van der Waals surface area contributed by atoms with Gasteiger partial charge in [0, 0.05) is 25.7 Å². The van der Waals surface area contributed by atoms with E-state index in [1.807, 2.05) is 0 Å². The molecular weight excluding hydrogens is 1290 g/mol. The lowest BCUT2D eigenvalue weighted by Gasteiger charge is -2.21. The van der Waals surface area contributed by atoms with Gasteiger partial charge in [-0.05, 0) is 31.6 Å². The number of aliphatic hydroxyl groups excluding tert-OH is 1. The normalized spacial score (nSPS) is 13.9. The second-order valence-corrected chi connectivity index (χ2v) is 32.2. The molecule has 588 valence electrons. The lowest BCUT2D eigenvalue weighted by Crippen LogP contribution is -2.30. The molecule has 0 saturated heterocycles. The topological polar surface area (TPSA) is 237 Å². The summed E-state index contributed by atoms with van der Waals surface area (Å²) in [6, 6.07) is 0. The summed E-state index contributed by atoms with van der Waals surface area (Å²) in [4.78, 5) is 72.9. The molecule has 19 heteroatoms. The predicted octanol–water partition coefficient (Wildman–Crippen LogP) is 24.0. The molecule has 0 aliphatic heterocycles. The fraction of sp³-hybridized carbons (Fsp3) is 0.950. The molecule has 0 spiro atoms. The summed E-state index contributed by atoms with van der Waals surface area (Å²) in [6.45, 7) is 7.34. The number of carbonyl (C=O) groups excluding carboxylic acids is 4. The van der Waals surface area contributed by atoms with Crippen LogP contribution in [0.3, 0.4) is 0 Å². The van der Waals surface area contributed by atoms with E-state index in [1.54, 1.807) is 0 Å². The van der Waals surface area contributed by atoms with Gasteiger partial charge in [-0.3, -0.25) is 37.3 Å². The monoisotopic (exact) mass is 1450 g/mol. The van der Waals surface area contributed by atoms with Gasteiger partial charge in [0.25, 0.3) is 0 Å². The van der Waals surface area contributed by atoms with Crippen molar-refractivity contribution < 1.29 is 80.2 Å². The van der Waals surface area contributed by atoms with Crippen molar-refractivity contribution in [1.82, 2.24) is 0 Å². The molecule has 99 heavy (non-hydrogen) atoms. The van der Waals surface area contributed by atoms with Crippen LogP contribution in [0.15, 0.2) is 0 Å². The highest BCUT2D eigenvalue weighted by molar-refractivity contribution is 7.47. The zero-order valence-electron chi connectivity index (χ0n) is 64.6. The third-order valence-corrected chi connectivity index (χ3v) is 20.7. The fourth-order valence-corrected chi connectivity index (χ4v) is 14.0. The van der Waals surface area contributed by atoms with Crippen molar-refractivity contribution in [2.45, 2.75) is 445 Å². The molecule has 17 nitrogen and oxygen atoms in total. The van der Waals surface area contributed by atoms with Crippen LogP contribution in [-0.4, -0.2) is 96.7 Å². The van der Waals surface area contributed by atoms with Crippen molar-refractivity contribution in [3.63, 3.8) is 0 Å². The lowest BCUT2D eigenvalue weighted by molar-refractivity contribution is -0.161. The second-order valence-electron chi connectivity index (χ2n) is 29.3. The molecule has 0 heterocycles. The van der Waals surface area contributed by atoms with E-state index in [0.29, 0.717) is 25.7 Å². The van der Waals surface area contributed by atoms with Crippen LogP contribution in [0, 0.1) is 5.92 Å². The summed E-state index contributed by atoms with van der Waals surface area (Å²) < 4.78 is 68.7. The fourth-order valence-electron chi connectivity index (χ4n) is 12.4. The number of unbranched alkanes of at least 4 members (excludes halogenated alkanes) is 52. The van der Waals surface area contributed by atoms with Gasteiger partial charge in [-0.15, -0.1) is 0 Å². The minimum atomic E-state index is -4.96. The average Bonchev–Trinajstić information content (AvgIpc) is 1.45. The summed E-state index contributed by atoms with van der Waals surface area (Å²) in [7, 11) is -9.91. The van der Waals surface area contributed by atoms with Crippen LogP contribution >= 0.6 is 15.6 Å². The molecule has 3 N–H and O–H groups in total. The number of aliphatic hydroxyl groups is 1. The first-order valence-electron chi connectivity index (χ1n) is 41.6. The first-order chi connectivity index (χ1) is 48.0. The maximum atomic E-state index is 13.1. The van der Waals surface area contributed by atoms with Gasteiger partial charge in [0.15, 0.2) is 12.2 Å². The van der Waals surface area contributed by atoms with Gasteiger partial charge in [-0.25, -0.2) is 9.13 Å². The second kappa shape index (κ2) is 73.0. The minimum absolute atomic E-state index is 0.108. The summed E-state index contributed by atoms with van der Waals surface area (Å²) in [5.41, 5.74) is 0. The van der Waals surface area contributed by atoms with Crippen molar-refractivity contribution in [1.29, 1.82) is 0 Å². The molecule has 0 aliphatic rings. The first-order valence-corrected chi connectivity index (χ1v) is 44.6. The quantitative estimate of drug-likeness (QED) is 0.0222. The van der Waals surface area contributed by atoms with Crippen molar-refractivity contribution in [3.05, 3.63) is 0 Å². The van der Waals surface area contributed by atoms with E-state index < -0.39 is 97.5 Å². The van der Waals surface area contributed by atoms with Gasteiger partial charge < -0.3 is 33.8 Å². The highest BCUT2D eigenvalue weighted by atomic mass is 31.2. The molecule has 0 rings (SSSR count). The average molecular weight is 1450 g/mol. The number of phosphoric acid groups is 2. The van der Waals surface area contributed by atoms with Crippen LogP contribution in [0.2, 0.25) is 0 Å². The molecule has 0 aromatic carbocycles. The SMILES string of the molecule is CCCCCCCCCCCCCCCCCCCCC(=O)O[C@H](COC(=O)CCCCCCCCCCCCCCCCC(C)C)COP(=O)(O)OC[C@@H](O)COP(=O)(O)OC[C@@H](COC(=O)CCCCCCCCCCC)OC(=O)CCCCCCCCCCCCCCCCC. The van der Waals surface area contributed by atoms with E-state index in [0.717, 1.165) is 95.8 Å². The van der Waals surface area contributed by atoms with Crippen molar-refractivity contribution in [2.24, 2.45) is 5.92 Å². The van der Waals surface area contributed by atoms with Gasteiger partial charge in [0.2, 0.25) is 0 Å². The van der Waals surface area contributed by atoms with E-state index >= 15 is 0 Å². The summed E-state index contributed by atoms with van der Waals surface area (Å²) >= 11 is 0. The molecule has 2 unspecified atom stereocenters. The lowest BCUT2D eigenvalue weighted by atomic mass is 10.0. The molecule has 0 fully saturated rings. The molecular formula is C80H156O17P2. The zero-order valence-corrected chi connectivity index (χ0v) is 66.4. The summed E-state index contributed by atoms with van der Waals surface area (Å²) in [5.74, 6) is -1.31. The van der Waals surface area contributed by atoms with Gasteiger partial charge >= 0.3 is 39.5 Å². The molecule has 0 amide bonds. The maximum absolute atomic E-state index is 13.1. The zero-order chi connectivity index (χ0) is 72.7. The van der Waals surface area contributed by atoms with Crippen molar-refractivity contribution in [3.8, 4) is 0 Å². The Morgan fingerprint density at radius 1 is 0.273 bits per heavy atom. The van der Waals surface area contributed by atoms with E-state index in [9.17, 15) is 43.2 Å². The Morgan fingerprint density at radius 3 is 0.687 bits per heavy atom. The van der Waals surface area contributed by atoms with Crippen LogP contribution in [-0.2, 0) is 65.4 Å². The van der Waals surface area contributed by atoms with E-state index in [4.69, 9.17) is 37.0 Å². The number of carbonyl (C=O) groups is 4. The van der Waals surface area contributed by atoms with Crippen LogP contribution in [0.1, 0.15) is 426 Å². The molecule has 0 bridgehead atoms. The Labute approximate surface area is 607 Å². The summed E-state index contributed by atoms with van der Waals surface area (Å²) in [5, 5.41) is 10.6. The number of phosphoric ester groups is 2. The molecule has 0 saturated carbocycles. The predicted molar refractivity (Wildman–Crippen MR) is 405 cm³/mol. The maximum Gasteiger partial charge on any atom is 0.472 e. The highest BCUT2D eigenvalue weighted by Crippen LogP contribution is 2.45. The smallest absolute Gasteiger partial charge is 0.462 e. The van der Waals surface area contributed by atoms with Crippen molar-refractivity contribution >= 4 is 39.5 Å².